The number of carbonyl (C=O) groups excluding carboxylic acids is 3. The summed E-state index contributed by atoms with van der Waals surface area (Å²) in [6, 6.07) is 17.0. The number of benzene rings is 3. The second-order valence-electron chi connectivity index (χ2n) is 10.2. The van der Waals surface area contributed by atoms with Crippen molar-refractivity contribution in [2.45, 2.75) is 52.5 Å². The molecular formula is C31H28N2O5. The third-order valence-electron chi connectivity index (χ3n) is 7.70. The summed E-state index contributed by atoms with van der Waals surface area (Å²) < 4.78 is 8.21. The summed E-state index contributed by atoms with van der Waals surface area (Å²) in [5.41, 5.74) is 4.42. The van der Waals surface area contributed by atoms with Crippen LogP contribution in [-0.2, 0) is 16.2 Å². The van der Waals surface area contributed by atoms with Crippen molar-refractivity contribution in [2.24, 2.45) is 11.1 Å². The zero-order chi connectivity index (χ0) is 26.4. The van der Waals surface area contributed by atoms with Crippen molar-refractivity contribution < 1.29 is 24.0 Å². The van der Waals surface area contributed by atoms with Gasteiger partial charge in [0.25, 0.3) is 5.78 Å². The monoisotopic (exact) mass is 508 g/mol. The van der Waals surface area contributed by atoms with Crippen LogP contribution in [0.1, 0.15) is 70.9 Å². The molecule has 0 unspecified atom stereocenters. The highest BCUT2D eigenvalue weighted by atomic mass is 16.7. The van der Waals surface area contributed by atoms with Crippen molar-refractivity contribution in [1.29, 1.82) is 0 Å². The average molecular weight is 509 g/mol. The highest BCUT2D eigenvalue weighted by Crippen LogP contribution is 2.42. The minimum Gasteiger partial charge on any atom is -0.432 e. The Bertz CT molecular complexity index is 1660. The fourth-order valence-corrected chi connectivity index (χ4v) is 5.82. The standard InChI is InChI=1S/C31H28N2O5/c1-18-8-6-7-11-22(18)28(35)21-12-14-25-24(16-21)27-26(33(25)17-20-9-4-3-5-10-20)15-13-23-29(36)31(37-30(23)27)32-38-19(2)34/h6-8,11-16,20H,3-5,9-10,17H2,1-2H3/b32-31-. The first-order valence-electron chi connectivity index (χ1n) is 13.1. The zero-order valence-corrected chi connectivity index (χ0v) is 21.5. The molecule has 1 fully saturated rings. The summed E-state index contributed by atoms with van der Waals surface area (Å²) in [4.78, 5) is 42.5. The van der Waals surface area contributed by atoms with Crippen LogP contribution in [0.3, 0.4) is 0 Å². The first-order valence-corrected chi connectivity index (χ1v) is 13.1. The van der Waals surface area contributed by atoms with Crippen LogP contribution in [-0.4, -0.2) is 28.0 Å². The van der Waals surface area contributed by atoms with Gasteiger partial charge in [0.15, 0.2) is 11.5 Å². The Hall–Kier alpha value is -4.26. The zero-order valence-electron chi connectivity index (χ0n) is 21.5. The van der Waals surface area contributed by atoms with Gasteiger partial charge in [-0.2, -0.15) is 0 Å². The first-order chi connectivity index (χ1) is 18.4. The van der Waals surface area contributed by atoms with Crippen molar-refractivity contribution in [2.75, 3.05) is 0 Å². The van der Waals surface area contributed by atoms with Gasteiger partial charge in [-0.25, -0.2) is 4.79 Å². The van der Waals surface area contributed by atoms with Gasteiger partial charge in [-0.05, 0) is 66.7 Å². The Kier molecular flexibility index (Phi) is 6.06. The van der Waals surface area contributed by atoms with E-state index in [1.165, 1.54) is 39.0 Å². The fourth-order valence-electron chi connectivity index (χ4n) is 5.82. The molecule has 7 nitrogen and oxygen atoms in total. The minimum absolute atomic E-state index is 0.0557. The molecule has 1 saturated carbocycles. The highest BCUT2D eigenvalue weighted by Gasteiger charge is 2.34. The van der Waals surface area contributed by atoms with E-state index in [4.69, 9.17) is 9.57 Å². The Morgan fingerprint density at radius 3 is 2.55 bits per heavy atom. The van der Waals surface area contributed by atoms with E-state index in [9.17, 15) is 14.4 Å². The molecule has 38 heavy (non-hydrogen) atoms. The molecule has 1 aliphatic carbocycles. The molecule has 0 radical (unpaired) electrons. The third-order valence-corrected chi connectivity index (χ3v) is 7.70. The summed E-state index contributed by atoms with van der Waals surface area (Å²) in [5.74, 6) is -0.469. The summed E-state index contributed by atoms with van der Waals surface area (Å²) in [6.45, 7) is 3.99. The van der Waals surface area contributed by atoms with Gasteiger partial charge < -0.3 is 14.1 Å². The molecule has 7 heteroatoms. The third kappa shape index (κ3) is 4.08. The van der Waals surface area contributed by atoms with Gasteiger partial charge in [-0.15, -0.1) is 0 Å². The molecule has 1 aliphatic heterocycles. The normalized spacial score (nSPS) is 16.7. The Morgan fingerprint density at radius 1 is 1.03 bits per heavy atom. The number of carbonyl (C=O) groups is 3. The van der Waals surface area contributed by atoms with Crippen LogP contribution in [0.5, 0.6) is 5.75 Å². The van der Waals surface area contributed by atoms with Gasteiger partial charge in [0.05, 0.1) is 16.5 Å². The van der Waals surface area contributed by atoms with Crippen molar-refractivity contribution >= 4 is 45.2 Å². The Labute approximate surface area is 220 Å². The van der Waals surface area contributed by atoms with Crippen LogP contribution in [0.15, 0.2) is 59.8 Å². The molecule has 4 aromatic rings. The molecule has 0 amide bonds. The number of aromatic nitrogens is 1. The number of oxime groups is 1. The fraction of sp³-hybridized carbons (Fsp3) is 0.290. The van der Waals surface area contributed by atoms with Crippen molar-refractivity contribution in [3.8, 4) is 5.75 Å². The molecule has 6 rings (SSSR count). The number of aryl methyl sites for hydroxylation is 1. The lowest BCUT2D eigenvalue weighted by atomic mass is 9.89. The van der Waals surface area contributed by atoms with Crippen molar-refractivity contribution in [3.63, 3.8) is 0 Å². The summed E-state index contributed by atoms with van der Waals surface area (Å²) >= 11 is 0. The largest absolute Gasteiger partial charge is 0.432 e. The van der Waals surface area contributed by atoms with E-state index in [1.54, 1.807) is 6.07 Å². The van der Waals surface area contributed by atoms with Crippen LogP contribution >= 0.6 is 0 Å². The van der Waals surface area contributed by atoms with Crippen LogP contribution in [0, 0.1) is 12.8 Å². The molecule has 1 aromatic heterocycles. The van der Waals surface area contributed by atoms with E-state index in [0.717, 1.165) is 33.9 Å². The lowest BCUT2D eigenvalue weighted by Gasteiger charge is -2.23. The van der Waals surface area contributed by atoms with E-state index >= 15 is 0 Å². The minimum atomic E-state index is -0.640. The number of rotatable bonds is 5. The highest BCUT2D eigenvalue weighted by molar-refractivity contribution is 6.47. The molecule has 192 valence electrons. The van der Waals surface area contributed by atoms with Crippen LogP contribution in [0.4, 0.5) is 0 Å². The van der Waals surface area contributed by atoms with E-state index in [2.05, 4.69) is 9.72 Å². The second kappa shape index (κ2) is 9.56. The van der Waals surface area contributed by atoms with E-state index in [0.29, 0.717) is 28.4 Å². The van der Waals surface area contributed by atoms with Gasteiger partial charge in [-0.1, -0.05) is 43.5 Å². The quantitative estimate of drug-likeness (QED) is 0.178. The molecule has 0 spiro atoms. The molecule has 3 aromatic carbocycles. The van der Waals surface area contributed by atoms with Gasteiger partial charge in [0.1, 0.15) is 0 Å². The number of fused-ring (bicyclic) bond motifs is 5. The molecule has 2 aliphatic rings. The SMILES string of the molecule is CC(=O)O/N=C1\Oc2c(ccc3c2c2cc(C(=O)c4ccccc4C)ccc2n3CC2CCCCC2)C1=O. The Balaban J connectivity index is 1.54. The Morgan fingerprint density at radius 2 is 1.79 bits per heavy atom. The molecule has 0 N–H and O–H groups in total. The maximum atomic E-state index is 13.5. The lowest BCUT2D eigenvalue weighted by Crippen LogP contribution is -2.14. The first kappa shape index (κ1) is 24.1. The van der Waals surface area contributed by atoms with Crippen LogP contribution < -0.4 is 4.74 Å². The van der Waals surface area contributed by atoms with Crippen LogP contribution in [0.2, 0.25) is 0 Å². The smallest absolute Gasteiger partial charge is 0.332 e. The van der Waals surface area contributed by atoms with E-state index in [-0.39, 0.29) is 11.7 Å². The van der Waals surface area contributed by atoms with Gasteiger partial charge in [0, 0.05) is 35.5 Å². The maximum absolute atomic E-state index is 13.5. The average Bonchev–Trinajstić information content (AvgIpc) is 3.41. The van der Waals surface area contributed by atoms with Crippen LogP contribution in [0.25, 0.3) is 21.8 Å². The topological polar surface area (TPSA) is 87.0 Å². The molecule has 0 atom stereocenters. The number of nitrogens with zero attached hydrogens (tertiary/aromatic N) is 2. The number of ether oxygens (including phenoxy) is 1. The number of hydrogen-bond donors (Lipinski definition) is 0. The van der Waals surface area contributed by atoms with E-state index in [1.807, 2.05) is 55.5 Å². The summed E-state index contributed by atoms with van der Waals surface area (Å²) in [6.07, 6.45) is 6.12. The second-order valence-corrected chi connectivity index (χ2v) is 10.2. The summed E-state index contributed by atoms with van der Waals surface area (Å²) in [7, 11) is 0. The number of ketones is 2. The van der Waals surface area contributed by atoms with Crippen molar-refractivity contribution in [1.82, 2.24) is 4.57 Å². The predicted molar refractivity (Wildman–Crippen MR) is 145 cm³/mol. The predicted octanol–water partition coefficient (Wildman–Crippen LogP) is 6.37. The summed E-state index contributed by atoms with van der Waals surface area (Å²) in [5, 5.41) is 5.24. The van der Waals surface area contributed by atoms with Gasteiger partial charge in [-0.3, -0.25) is 9.59 Å². The molecule has 2 heterocycles. The van der Waals surface area contributed by atoms with Crippen molar-refractivity contribution in [3.05, 3.63) is 76.9 Å². The lowest BCUT2D eigenvalue weighted by molar-refractivity contribution is -0.141. The molecular weight excluding hydrogens is 480 g/mol. The van der Waals surface area contributed by atoms with Gasteiger partial charge in [0.2, 0.25) is 0 Å². The van der Waals surface area contributed by atoms with E-state index < -0.39 is 11.8 Å². The van der Waals surface area contributed by atoms with Gasteiger partial charge >= 0.3 is 11.9 Å². The number of hydrogen-bond acceptors (Lipinski definition) is 6. The molecule has 0 saturated heterocycles. The maximum Gasteiger partial charge on any atom is 0.332 e. The number of Topliss-reactive ketones (excluding diaryl/α,β-unsaturated/α-hetero) is 1. The molecule has 0 bridgehead atoms.